The molecule has 0 bridgehead atoms. The highest BCUT2D eigenvalue weighted by Crippen LogP contribution is 2.34. The first-order valence-electron chi connectivity index (χ1n) is 8.06. The van der Waals surface area contributed by atoms with Gasteiger partial charge in [-0.2, -0.15) is 0 Å². The van der Waals surface area contributed by atoms with Gasteiger partial charge in [0.25, 0.3) is 0 Å². The third kappa shape index (κ3) is 4.21. The Balaban J connectivity index is 2.05. The van der Waals surface area contributed by atoms with Gasteiger partial charge >= 0.3 is 0 Å². The van der Waals surface area contributed by atoms with Crippen molar-refractivity contribution >= 4 is 0 Å². The molecule has 0 amide bonds. The maximum atomic E-state index is 6.37. The summed E-state index contributed by atoms with van der Waals surface area (Å²) in [6.45, 7) is 6.69. The number of ether oxygens (including phenoxy) is 2. The minimum absolute atomic E-state index is 0.0203. The molecule has 3 heteroatoms. The second kappa shape index (κ2) is 7.28. The molecule has 0 aliphatic heterocycles. The van der Waals surface area contributed by atoms with E-state index >= 15 is 0 Å². The molecule has 5 atom stereocenters. The summed E-state index contributed by atoms with van der Waals surface area (Å²) in [5.74, 6) is 2.40. The maximum Gasteiger partial charge on any atom is 0.118 e. The van der Waals surface area contributed by atoms with E-state index in [4.69, 9.17) is 15.2 Å². The lowest BCUT2D eigenvalue weighted by atomic mass is 9.80. The Hall–Kier alpha value is -1.06. The minimum Gasteiger partial charge on any atom is -0.497 e. The van der Waals surface area contributed by atoms with Gasteiger partial charge in [-0.05, 0) is 55.7 Å². The summed E-state index contributed by atoms with van der Waals surface area (Å²) in [5, 5.41) is 0. The van der Waals surface area contributed by atoms with E-state index in [1.54, 1.807) is 7.11 Å². The predicted molar refractivity (Wildman–Crippen MR) is 86.4 cm³/mol. The van der Waals surface area contributed by atoms with Crippen LogP contribution in [0.1, 0.15) is 51.7 Å². The molecule has 1 fully saturated rings. The largest absolute Gasteiger partial charge is 0.497 e. The number of hydrogen-bond acceptors (Lipinski definition) is 3. The second-order valence-electron chi connectivity index (χ2n) is 6.58. The zero-order valence-electron chi connectivity index (χ0n) is 13.7. The summed E-state index contributed by atoms with van der Waals surface area (Å²) in [6.07, 6.45) is 3.82. The molecule has 1 aliphatic rings. The SMILES string of the molecule is COc1ccc(C(OC2CCC(C)C(C)C2)C(C)N)cc1. The van der Waals surface area contributed by atoms with E-state index in [0.717, 1.165) is 36.0 Å². The molecule has 2 N–H and O–H groups in total. The first kappa shape index (κ1) is 16.3. The molecular weight excluding hydrogens is 262 g/mol. The van der Waals surface area contributed by atoms with Crippen molar-refractivity contribution in [1.82, 2.24) is 0 Å². The number of nitrogens with two attached hydrogens (primary N) is 1. The Morgan fingerprint density at radius 2 is 1.76 bits per heavy atom. The normalized spacial score (nSPS) is 28.9. The van der Waals surface area contributed by atoms with Gasteiger partial charge in [0, 0.05) is 6.04 Å². The van der Waals surface area contributed by atoms with Crippen LogP contribution in [0.25, 0.3) is 0 Å². The fraction of sp³-hybridized carbons (Fsp3) is 0.667. The number of hydrogen-bond donors (Lipinski definition) is 1. The van der Waals surface area contributed by atoms with Gasteiger partial charge in [-0.25, -0.2) is 0 Å². The topological polar surface area (TPSA) is 44.5 Å². The average molecular weight is 291 g/mol. The van der Waals surface area contributed by atoms with Gasteiger partial charge in [0.15, 0.2) is 0 Å². The molecule has 21 heavy (non-hydrogen) atoms. The summed E-state index contributed by atoms with van der Waals surface area (Å²) in [6, 6.07) is 8.04. The molecule has 1 saturated carbocycles. The van der Waals surface area contributed by atoms with Crippen molar-refractivity contribution in [3.05, 3.63) is 29.8 Å². The van der Waals surface area contributed by atoms with Crippen LogP contribution in [-0.2, 0) is 4.74 Å². The van der Waals surface area contributed by atoms with Crippen molar-refractivity contribution in [2.24, 2.45) is 17.6 Å². The molecule has 0 heterocycles. The number of benzene rings is 1. The van der Waals surface area contributed by atoms with Crippen molar-refractivity contribution in [3.63, 3.8) is 0 Å². The summed E-state index contributed by atoms with van der Waals surface area (Å²) in [4.78, 5) is 0. The molecule has 0 spiro atoms. The molecule has 1 aliphatic carbocycles. The second-order valence-corrected chi connectivity index (χ2v) is 6.58. The van der Waals surface area contributed by atoms with Crippen molar-refractivity contribution in [2.75, 3.05) is 7.11 Å². The van der Waals surface area contributed by atoms with E-state index < -0.39 is 0 Å². The average Bonchev–Trinajstić information content (AvgIpc) is 2.48. The lowest BCUT2D eigenvalue weighted by Gasteiger charge is -2.35. The van der Waals surface area contributed by atoms with E-state index in [2.05, 4.69) is 26.0 Å². The summed E-state index contributed by atoms with van der Waals surface area (Å²) in [7, 11) is 1.68. The summed E-state index contributed by atoms with van der Waals surface area (Å²) in [5.41, 5.74) is 7.30. The van der Waals surface area contributed by atoms with E-state index in [0.29, 0.717) is 6.10 Å². The molecule has 1 aromatic carbocycles. The fourth-order valence-electron chi connectivity index (χ4n) is 3.13. The van der Waals surface area contributed by atoms with Crippen LogP contribution in [-0.4, -0.2) is 19.3 Å². The molecule has 0 radical (unpaired) electrons. The zero-order valence-corrected chi connectivity index (χ0v) is 13.7. The maximum absolute atomic E-state index is 6.37. The van der Waals surface area contributed by atoms with Crippen molar-refractivity contribution in [1.29, 1.82) is 0 Å². The molecule has 118 valence electrons. The van der Waals surface area contributed by atoms with Crippen molar-refractivity contribution in [3.8, 4) is 5.75 Å². The zero-order chi connectivity index (χ0) is 15.4. The van der Waals surface area contributed by atoms with Crippen LogP contribution >= 0.6 is 0 Å². The monoisotopic (exact) mass is 291 g/mol. The van der Waals surface area contributed by atoms with Crippen LogP contribution < -0.4 is 10.5 Å². The third-order valence-corrected chi connectivity index (χ3v) is 4.81. The van der Waals surface area contributed by atoms with E-state index in [1.807, 2.05) is 19.1 Å². The van der Waals surface area contributed by atoms with Crippen LogP contribution in [0.3, 0.4) is 0 Å². The predicted octanol–water partition coefficient (Wildman–Crippen LogP) is 3.92. The van der Waals surface area contributed by atoms with Gasteiger partial charge in [-0.15, -0.1) is 0 Å². The molecule has 0 saturated heterocycles. The van der Waals surface area contributed by atoms with E-state index in [1.165, 1.54) is 6.42 Å². The van der Waals surface area contributed by atoms with Crippen LogP contribution in [0.5, 0.6) is 5.75 Å². The quantitative estimate of drug-likeness (QED) is 0.894. The highest BCUT2D eigenvalue weighted by atomic mass is 16.5. The molecular formula is C18H29NO2. The molecule has 0 aromatic heterocycles. The molecule has 5 unspecified atom stereocenters. The minimum atomic E-state index is -0.0403. The first-order valence-corrected chi connectivity index (χ1v) is 8.06. The van der Waals surface area contributed by atoms with Crippen LogP contribution in [0.15, 0.2) is 24.3 Å². The van der Waals surface area contributed by atoms with Crippen LogP contribution in [0.2, 0.25) is 0 Å². The third-order valence-electron chi connectivity index (χ3n) is 4.81. The van der Waals surface area contributed by atoms with E-state index in [9.17, 15) is 0 Å². The van der Waals surface area contributed by atoms with E-state index in [-0.39, 0.29) is 12.1 Å². The van der Waals surface area contributed by atoms with Gasteiger partial charge < -0.3 is 15.2 Å². The van der Waals surface area contributed by atoms with Crippen molar-refractivity contribution in [2.45, 2.75) is 58.3 Å². The Morgan fingerprint density at radius 1 is 1.10 bits per heavy atom. The van der Waals surface area contributed by atoms with Gasteiger partial charge in [0.1, 0.15) is 5.75 Å². The number of methoxy groups -OCH3 is 1. The van der Waals surface area contributed by atoms with Gasteiger partial charge in [0.05, 0.1) is 19.3 Å². The Labute approximate surface area is 128 Å². The van der Waals surface area contributed by atoms with Crippen LogP contribution in [0, 0.1) is 11.8 Å². The standard InChI is InChI=1S/C18H29NO2/c1-12-5-8-17(11-13(12)2)21-18(14(3)19)15-6-9-16(20-4)10-7-15/h6-7,9-10,12-14,17-18H,5,8,11,19H2,1-4H3. The van der Waals surface area contributed by atoms with Crippen LogP contribution in [0.4, 0.5) is 0 Å². The van der Waals surface area contributed by atoms with Gasteiger partial charge in [-0.3, -0.25) is 0 Å². The summed E-state index contributed by atoms with van der Waals surface area (Å²) < 4.78 is 11.6. The lowest BCUT2D eigenvalue weighted by molar-refractivity contribution is -0.0568. The number of rotatable bonds is 5. The van der Waals surface area contributed by atoms with Crippen molar-refractivity contribution < 1.29 is 9.47 Å². The molecule has 3 nitrogen and oxygen atoms in total. The summed E-state index contributed by atoms with van der Waals surface area (Å²) >= 11 is 0. The Morgan fingerprint density at radius 3 is 2.29 bits per heavy atom. The molecule has 2 rings (SSSR count). The first-order chi connectivity index (χ1) is 10.0. The lowest BCUT2D eigenvalue weighted by Crippen LogP contribution is -2.34. The highest BCUT2D eigenvalue weighted by Gasteiger charge is 2.28. The highest BCUT2D eigenvalue weighted by molar-refractivity contribution is 5.29. The van der Waals surface area contributed by atoms with Gasteiger partial charge in [0.2, 0.25) is 0 Å². The molecule has 1 aromatic rings. The fourth-order valence-corrected chi connectivity index (χ4v) is 3.13. The Bertz CT molecular complexity index is 429. The van der Waals surface area contributed by atoms with Gasteiger partial charge in [-0.1, -0.05) is 26.0 Å². The Kier molecular flexibility index (Phi) is 5.65. The smallest absolute Gasteiger partial charge is 0.118 e.